The molecule has 0 aliphatic heterocycles. The minimum absolute atomic E-state index is 0.256. The minimum atomic E-state index is -3.67. The van der Waals surface area contributed by atoms with Crippen LogP contribution in [0.2, 0.25) is 0 Å². The molecule has 0 spiro atoms. The maximum absolute atomic E-state index is 13.0. The molecule has 0 saturated carbocycles. The average Bonchev–Trinajstić information content (AvgIpc) is 2.94. The summed E-state index contributed by atoms with van der Waals surface area (Å²) in [7, 11) is 1.33. The predicted molar refractivity (Wildman–Crippen MR) is 94.0 cm³/mol. The summed E-state index contributed by atoms with van der Waals surface area (Å²) >= 11 is 0. The Bertz CT molecular complexity index is 1010. The highest BCUT2D eigenvalue weighted by molar-refractivity contribution is 7.92. The van der Waals surface area contributed by atoms with Crippen LogP contribution in [0.3, 0.4) is 0 Å². The first-order valence-corrected chi connectivity index (χ1v) is 8.83. The molecule has 3 rings (SSSR count). The molecular weight excluding hydrogens is 326 g/mol. The van der Waals surface area contributed by atoms with Gasteiger partial charge >= 0.3 is 0 Å². The van der Waals surface area contributed by atoms with Gasteiger partial charge in [-0.05, 0) is 48.9 Å². The summed E-state index contributed by atoms with van der Waals surface area (Å²) in [5.41, 5.74) is 2.91. The van der Waals surface area contributed by atoms with E-state index < -0.39 is 10.0 Å². The largest absolute Gasteiger partial charge is 0.497 e. The SMILES string of the molecule is COc1ccc(S(=O)(=O)N(C)c2ccc3c(c2)ncn3C)c(C)c1. The van der Waals surface area contributed by atoms with Crippen LogP contribution in [0.15, 0.2) is 47.6 Å². The average molecular weight is 345 g/mol. The van der Waals surface area contributed by atoms with E-state index in [-0.39, 0.29) is 4.90 Å². The molecule has 6 nitrogen and oxygen atoms in total. The van der Waals surface area contributed by atoms with E-state index in [4.69, 9.17) is 4.74 Å². The van der Waals surface area contributed by atoms with Crippen LogP contribution in [0.5, 0.6) is 5.75 Å². The maximum Gasteiger partial charge on any atom is 0.264 e. The van der Waals surface area contributed by atoms with Crippen LogP contribution in [0.25, 0.3) is 11.0 Å². The topological polar surface area (TPSA) is 64.4 Å². The number of anilines is 1. The van der Waals surface area contributed by atoms with Gasteiger partial charge in [0.1, 0.15) is 5.75 Å². The van der Waals surface area contributed by atoms with Gasteiger partial charge in [-0.25, -0.2) is 13.4 Å². The molecule has 3 aromatic rings. The smallest absolute Gasteiger partial charge is 0.264 e. The van der Waals surface area contributed by atoms with Crippen LogP contribution in [0, 0.1) is 6.92 Å². The second-order valence-electron chi connectivity index (χ2n) is 5.63. The van der Waals surface area contributed by atoms with Crippen molar-refractivity contribution in [1.29, 1.82) is 0 Å². The van der Waals surface area contributed by atoms with E-state index >= 15 is 0 Å². The van der Waals surface area contributed by atoms with Crippen LogP contribution in [-0.4, -0.2) is 32.1 Å². The molecule has 126 valence electrons. The number of hydrogen-bond acceptors (Lipinski definition) is 4. The maximum atomic E-state index is 13.0. The lowest BCUT2D eigenvalue weighted by molar-refractivity contribution is 0.414. The van der Waals surface area contributed by atoms with Gasteiger partial charge in [0, 0.05) is 14.1 Å². The number of benzene rings is 2. The number of methoxy groups -OCH3 is 1. The predicted octanol–water partition coefficient (Wildman–Crippen LogP) is 2.72. The van der Waals surface area contributed by atoms with Gasteiger partial charge in [0.2, 0.25) is 0 Å². The first-order chi connectivity index (χ1) is 11.3. The van der Waals surface area contributed by atoms with Crippen molar-refractivity contribution < 1.29 is 13.2 Å². The molecule has 0 unspecified atom stereocenters. The van der Waals surface area contributed by atoms with Gasteiger partial charge in [0.25, 0.3) is 10.0 Å². The van der Waals surface area contributed by atoms with E-state index in [9.17, 15) is 8.42 Å². The Balaban J connectivity index is 2.04. The molecule has 0 aliphatic carbocycles. The van der Waals surface area contributed by atoms with Gasteiger partial charge in [-0.15, -0.1) is 0 Å². The van der Waals surface area contributed by atoms with Crippen molar-refractivity contribution in [3.63, 3.8) is 0 Å². The summed E-state index contributed by atoms with van der Waals surface area (Å²) < 4.78 is 34.2. The van der Waals surface area contributed by atoms with Crippen LogP contribution < -0.4 is 9.04 Å². The first-order valence-electron chi connectivity index (χ1n) is 7.39. The lowest BCUT2D eigenvalue weighted by Crippen LogP contribution is -2.27. The van der Waals surface area contributed by atoms with E-state index in [1.807, 2.05) is 17.7 Å². The number of rotatable bonds is 4. The van der Waals surface area contributed by atoms with Gasteiger partial charge in [-0.2, -0.15) is 0 Å². The summed E-state index contributed by atoms with van der Waals surface area (Å²) in [4.78, 5) is 4.54. The quantitative estimate of drug-likeness (QED) is 0.729. The Kier molecular flexibility index (Phi) is 3.96. The zero-order valence-corrected chi connectivity index (χ0v) is 14.8. The van der Waals surface area contributed by atoms with E-state index in [0.717, 1.165) is 11.0 Å². The molecule has 7 heteroatoms. The molecule has 0 fully saturated rings. The van der Waals surface area contributed by atoms with Crippen molar-refractivity contribution in [2.75, 3.05) is 18.5 Å². The fourth-order valence-corrected chi connectivity index (χ4v) is 4.04. The van der Waals surface area contributed by atoms with E-state index in [0.29, 0.717) is 17.0 Å². The van der Waals surface area contributed by atoms with E-state index in [1.165, 1.54) is 4.31 Å². The Morgan fingerprint density at radius 3 is 2.58 bits per heavy atom. The van der Waals surface area contributed by atoms with Gasteiger partial charge < -0.3 is 9.30 Å². The van der Waals surface area contributed by atoms with Gasteiger partial charge in [-0.1, -0.05) is 0 Å². The molecule has 1 heterocycles. The lowest BCUT2D eigenvalue weighted by Gasteiger charge is -2.21. The lowest BCUT2D eigenvalue weighted by atomic mass is 10.2. The van der Waals surface area contributed by atoms with Crippen molar-refractivity contribution in [3.05, 3.63) is 48.3 Å². The monoisotopic (exact) mass is 345 g/mol. The minimum Gasteiger partial charge on any atom is -0.497 e. The van der Waals surface area contributed by atoms with Gasteiger partial charge in [0.15, 0.2) is 0 Å². The van der Waals surface area contributed by atoms with Crippen molar-refractivity contribution in [3.8, 4) is 5.75 Å². The molecule has 0 aliphatic rings. The van der Waals surface area contributed by atoms with Crippen LogP contribution in [-0.2, 0) is 17.1 Å². The number of hydrogen-bond donors (Lipinski definition) is 0. The Labute approximate surface area is 141 Å². The second kappa shape index (κ2) is 5.83. The number of imidazole rings is 1. The molecule has 0 bridgehead atoms. The summed E-state index contributed by atoms with van der Waals surface area (Å²) in [6.45, 7) is 1.76. The molecule has 1 aromatic heterocycles. The fourth-order valence-electron chi connectivity index (χ4n) is 2.64. The third-order valence-electron chi connectivity index (χ3n) is 4.09. The molecule has 0 amide bonds. The molecule has 24 heavy (non-hydrogen) atoms. The van der Waals surface area contributed by atoms with E-state index in [2.05, 4.69) is 4.98 Å². The number of sulfonamides is 1. The van der Waals surface area contributed by atoms with Gasteiger partial charge in [0.05, 0.1) is 35.1 Å². The fraction of sp³-hybridized carbons (Fsp3) is 0.235. The number of fused-ring (bicyclic) bond motifs is 1. The second-order valence-corrected chi connectivity index (χ2v) is 7.57. The zero-order chi connectivity index (χ0) is 17.5. The standard InChI is InChI=1S/C17H19N3O3S/c1-12-9-14(23-4)6-8-17(12)24(21,22)20(3)13-5-7-16-15(10-13)18-11-19(16)2/h5-11H,1-4H3. The summed E-state index contributed by atoms with van der Waals surface area (Å²) in [5.74, 6) is 0.629. The highest BCUT2D eigenvalue weighted by atomic mass is 32.2. The molecule has 0 saturated heterocycles. The molecule has 0 atom stereocenters. The Morgan fingerprint density at radius 2 is 1.92 bits per heavy atom. The third-order valence-corrected chi connectivity index (χ3v) is 6.04. The normalized spacial score (nSPS) is 11.7. The van der Waals surface area contributed by atoms with Crippen LogP contribution >= 0.6 is 0 Å². The summed E-state index contributed by atoms with van der Waals surface area (Å²) in [6, 6.07) is 10.3. The number of aromatic nitrogens is 2. The zero-order valence-electron chi connectivity index (χ0n) is 14.0. The van der Waals surface area contributed by atoms with Crippen molar-refractivity contribution in [2.24, 2.45) is 7.05 Å². The number of ether oxygens (including phenoxy) is 1. The highest BCUT2D eigenvalue weighted by Gasteiger charge is 2.24. The summed E-state index contributed by atoms with van der Waals surface area (Å²) in [6.07, 6.45) is 1.70. The van der Waals surface area contributed by atoms with Crippen molar-refractivity contribution >= 4 is 26.7 Å². The molecule has 0 N–H and O–H groups in total. The Morgan fingerprint density at radius 1 is 1.17 bits per heavy atom. The van der Waals surface area contributed by atoms with Crippen LogP contribution in [0.1, 0.15) is 5.56 Å². The number of nitrogens with zero attached hydrogens (tertiary/aromatic N) is 3. The Hall–Kier alpha value is -2.54. The molecule has 2 aromatic carbocycles. The van der Waals surface area contributed by atoms with Crippen molar-refractivity contribution in [1.82, 2.24) is 9.55 Å². The molecule has 0 radical (unpaired) electrons. The third kappa shape index (κ3) is 2.60. The highest BCUT2D eigenvalue weighted by Crippen LogP contribution is 2.28. The summed E-state index contributed by atoms with van der Waals surface area (Å²) in [5, 5.41) is 0. The molecular formula is C17H19N3O3S. The van der Waals surface area contributed by atoms with Gasteiger partial charge in [-0.3, -0.25) is 4.31 Å². The first kappa shape index (κ1) is 16.3. The van der Waals surface area contributed by atoms with E-state index in [1.54, 1.807) is 57.7 Å². The van der Waals surface area contributed by atoms with Crippen LogP contribution in [0.4, 0.5) is 5.69 Å². The number of aryl methyl sites for hydroxylation is 2. The van der Waals surface area contributed by atoms with Crippen molar-refractivity contribution in [2.45, 2.75) is 11.8 Å².